The Bertz CT molecular complexity index is 455. The van der Waals surface area contributed by atoms with Crippen molar-refractivity contribution in [2.75, 3.05) is 6.54 Å². The molecule has 4 nitrogen and oxygen atoms in total. The molecule has 0 saturated carbocycles. The fraction of sp³-hybridized carbons (Fsp3) is 0.667. The number of hydrogen-bond donors (Lipinski definition) is 0. The van der Waals surface area contributed by atoms with Crippen LogP contribution in [0.5, 0.6) is 0 Å². The average Bonchev–Trinajstić information content (AvgIpc) is 2.68. The largest absolute Gasteiger partial charge is 0.335 e. The van der Waals surface area contributed by atoms with E-state index in [0.717, 1.165) is 17.9 Å². The molecule has 0 spiro atoms. The minimum atomic E-state index is 0.110. The molecule has 1 saturated heterocycles. The van der Waals surface area contributed by atoms with Crippen LogP contribution < -0.4 is 0 Å². The zero-order chi connectivity index (χ0) is 12.7. The third-order valence-electron chi connectivity index (χ3n) is 3.56. The molecule has 2 unspecified atom stereocenters. The summed E-state index contributed by atoms with van der Waals surface area (Å²) in [4.78, 5) is 14.1. The SMILES string of the molecule is Cc1nn(C)c(C)c1C(C)N1CC(Br)CC1=O. The molecule has 1 fully saturated rings. The van der Waals surface area contributed by atoms with E-state index < -0.39 is 0 Å². The number of carbonyl (C=O) groups excluding carboxylic acids is 1. The summed E-state index contributed by atoms with van der Waals surface area (Å²) in [5, 5.41) is 4.41. The molecule has 94 valence electrons. The molecule has 0 aromatic carbocycles. The van der Waals surface area contributed by atoms with Gasteiger partial charge < -0.3 is 4.90 Å². The van der Waals surface area contributed by atoms with Crippen molar-refractivity contribution in [2.45, 2.75) is 38.1 Å². The summed E-state index contributed by atoms with van der Waals surface area (Å²) in [5.41, 5.74) is 3.34. The van der Waals surface area contributed by atoms with Crippen LogP contribution in [0, 0.1) is 13.8 Å². The van der Waals surface area contributed by atoms with Crippen LogP contribution in [0.25, 0.3) is 0 Å². The Balaban J connectivity index is 2.31. The monoisotopic (exact) mass is 299 g/mol. The molecule has 17 heavy (non-hydrogen) atoms. The molecular formula is C12H18BrN3O. The Labute approximate surface area is 110 Å². The van der Waals surface area contributed by atoms with Gasteiger partial charge >= 0.3 is 0 Å². The molecule has 2 rings (SSSR count). The summed E-state index contributed by atoms with van der Waals surface area (Å²) in [6, 6.07) is 0.110. The van der Waals surface area contributed by atoms with Crippen LogP contribution in [-0.4, -0.2) is 32.0 Å². The molecule has 0 aliphatic carbocycles. The number of nitrogens with zero attached hydrogens (tertiary/aromatic N) is 3. The second-order valence-corrected chi connectivity index (χ2v) is 6.03. The highest BCUT2D eigenvalue weighted by Gasteiger charge is 2.33. The molecule has 0 N–H and O–H groups in total. The van der Waals surface area contributed by atoms with Crippen molar-refractivity contribution >= 4 is 21.8 Å². The molecule has 0 radical (unpaired) electrons. The number of amides is 1. The first kappa shape index (κ1) is 12.6. The van der Waals surface area contributed by atoms with Gasteiger partial charge in [-0.25, -0.2) is 0 Å². The fourth-order valence-electron chi connectivity index (χ4n) is 2.61. The van der Waals surface area contributed by atoms with E-state index >= 15 is 0 Å². The topological polar surface area (TPSA) is 38.1 Å². The Morgan fingerprint density at radius 3 is 2.53 bits per heavy atom. The van der Waals surface area contributed by atoms with Crippen molar-refractivity contribution in [3.8, 4) is 0 Å². The first-order chi connectivity index (χ1) is 7.91. The standard InChI is InChI=1S/C12H18BrN3O/c1-7-12(8(2)15(4)14-7)9(3)16-6-10(13)5-11(16)17/h9-10H,5-6H2,1-4H3. The number of aryl methyl sites for hydroxylation is 2. The van der Waals surface area contributed by atoms with Crippen molar-refractivity contribution in [2.24, 2.45) is 7.05 Å². The number of rotatable bonds is 2. The minimum Gasteiger partial charge on any atom is -0.335 e. The van der Waals surface area contributed by atoms with Crippen molar-refractivity contribution < 1.29 is 4.79 Å². The number of hydrogen-bond acceptors (Lipinski definition) is 2. The molecule has 1 aliphatic rings. The van der Waals surface area contributed by atoms with Crippen LogP contribution in [0.2, 0.25) is 0 Å². The van der Waals surface area contributed by atoms with Crippen LogP contribution in [0.3, 0.4) is 0 Å². The lowest BCUT2D eigenvalue weighted by molar-refractivity contribution is -0.129. The van der Waals surface area contributed by atoms with E-state index in [1.807, 2.05) is 23.6 Å². The minimum absolute atomic E-state index is 0.110. The van der Waals surface area contributed by atoms with Crippen LogP contribution in [0.4, 0.5) is 0 Å². The smallest absolute Gasteiger partial charge is 0.224 e. The molecule has 1 aromatic heterocycles. The third kappa shape index (κ3) is 2.12. The van der Waals surface area contributed by atoms with E-state index in [1.54, 1.807) is 0 Å². The highest BCUT2D eigenvalue weighted by Crippen LogP contribution is 2.31. The van der Waals surface area contributed by atoms with Gasteiger partial charge in [-0.05, 0) is 20.8 Å². The molecule has 1 aromatic rings. The number of halogens is 1. The lowest BCUT2D eigenvalue weighted by atomic mass is 10.1. The van der Waals surface area contributed by atoms with E-state index in [1.165, 1.54) is 5.56 Å². The predicted octanol–water partition coefficient (Wildman–Crippen LogP) is 2.09. The summed E-state index contributed by atoms with van der Waals surface area (Å²) in [6.07, 6.45) is 0.600. The quantitative estimate of drug-likeness (QED) is 0.785. The van der Waals surface area contributed by atoms with Gasteiger partial charge in [-0.3, -0.25) is 9.48 Å². The van der Waals surface area contributed by atoms with Crippen molar-refractivity contribution in [1.82, 2.24) is 14.7 Å². The second-order valence-electron chi connectivity index (χ2n) is 4.73. The van der Waals surface area contributed by atoms with Gasteiger partial charge in [-0.1, -0.05) is 15.9 Å². The number of aromatic nitrogens is 2. The van der Waals surface area contributed by atoms with Gasteiger partial charge in [-0.2, -0.15) is 5.10 Å². The maximum Gasteiger partial charge on any atom is 0.224 e. The van der Waals surface area contributed by atoms with Gasteiger partial charge in [-0.15, -0.1) is 0 Å². The zero-order valence-corrected chi connectivity index (χ0v) is 12.3. The van der Waals surface area contributed by atoms with E-state index in [4.69, 9.17) is 0 Å². The lowest BCUT2D eigenvalue weighted by Gasteiger charge is -2.25. The van der Waals surface area contributed by atoms with Gasteiger partial charge in [0.2, 0.25) is 5.91 Å². The van der Waals surface area contributed by atoms with Crippen molar-refractivity contribution in [3.05, 3.63) is 17.0 Å². The van der Waals surface area contributed by atoms with Crippen molar-refractivity contribution in [3.63, 3.8) is 0 Å². The molecule has 2 heterocycles. The molecule has 0 bridgehead atoms. The number of likely N-dealkylation sites (tertiary alicyclic amines) is 1. The van der Waals surface area contributed by atoms with E-state index in [2.05, 4.69) is 34.9 Å². The maximum absolute atomic E-state index is 11.9. The average molecular weight is 300 g/mol. The highest BCUT2D eigenvalue weighted by atomic mass is 79.9. The lowest BCUT2D eigenvalue weighted by Crippen LogP contribution is -2.29. The van der Waals surface area contributed by atoms with E-state index in [0.29, 0.717) is 6.42 Å². The molecule has 1 amide bonds. The normalized spacial score (nSPS) is 22.3. The van der Waals surface area contributed by atoms with Gasteiger partial charge in [0, 0.05) is 36.1 Å². The first-order valence-corrected chi connectivity index (χ1v) is 6.77. The second kappa shape index (κ2) is 4.44. The zero-order valence-electron chi connectivity index (χ0n) is 10.7. The Hall–Kier alpha value is -0.840. The highest BCUT2D eigenvalue weighted by molar-refractivity contribution is 9.09. The summed E-state index contributed by atoms with van der Waals surface area (Å²) in [7, 11) is 1.94. The van der Waals surface area contributed by atoms with Crippen molar-refractivity contribution in [1.29, 1.82) is 0 Å². The molecule has 5 heteroatoms. The fourth-order valence-corrected chi connectivity index (χ4v) is 3.20. The summed E-state index contributed by atoms with van der Waals surface area (Å²) in [6.45, 7) is 6.93. The molecule has 2 atom stereocenters. The third-order valence-corrected chi connectivity index (χ3v) is 4.17. The number of alkyl halides is 1. The first-order valence-electron chi connectivity index (χ1n) is 5.85. The van der Waals surface area contributed by atoms with E-state index in [9.17, 15) is 4.79 Å². The Morgan fingerprint density at radius 1 is 1.47 bits per heavy atom. The Kier molecular flexibility index (Phi) is 3.30. The summed E-state index contributed by atoms with van der Waals surface area (Å²) < 4.78 is 1.88. The summed E-state index contributed by atoms with van der Waals surface area (Å²) in [5.74, 6) is 0.224. The van der Waals surface area contributed by atoms with Gasteiger partial charge in [0.25, 0.3) is 0 Å². The van der Waals surface area contributed by atoms with Crippen LogP contribution in [0.1, 0.15) is 36.3 Å². The molecular weight excluding hydrogens is 282 g/mol. The number of carbonyl (C=O) groups is 1. The van der Waals surface area contributed by atoms with Gasteiger partial charge in [0.15, 0.2) is 0 Å². The Morgan fingerprint density at radius 2 is 2.12 bits per heavy atom. The summed E-state index contributed by atoms with van der Waals surface area (Å²) >= 11 is 3.52. The predicted molar refractivity (Wildman–Crippen MR) is 70.1 cm³/mol. The van der Waals surface area contributed by atoms with Crippen LogP contribution >= 0.6 is 15.9 Å². The van der Waals surface area contributed by atoms with Crippen LogP contribution in [0.15, 0.2) is 0 Å². The maximum atomic E-state index is 11.9. The van der Waals surface area contributed by atoms with Crippen LogP contribution in [-0.2, 0) is 11.8 Å². The van der Waals surface area contributed by atoms with E-state index in [-0.39, 0.29) is 16.8 Å². The van der Waals surface area contributed by atoms with Gasteiger partial charge in [0.1, 0.15) is 0 Å². The van der Waals surface area contributed by atoms with Gasteiger partial charge in [0.05, 0.1) is 11.7 Å². The molecule has 1 aliphatic heterocycles.